The number of aryl methyl sites for hydroxylation is 1. The Balaban J connectivity index is 2.22. The van der Waals surface area contributed by atoms with Crippen LogP contribution in [0.2, 0.25) is 10.0 Å². The first-order valence-corrected chi connectivity index (χ1v) is 7.41. The summed E-state index contributed by atoms with van der Waals surface area (Å²) in [6.45, 7) is 7.76. The summed E-state index contributed by atoms with van der Waals surface area (Å²) in [6.07, 6.45) is 1.91. The molecule has 108 valence electrons. The SMILES string of the molecule is Cc1ncc(CNC(C)C)n1Cc1ccc(Cl)cc1Cl. The molecule has 0 fully saturated rings. The van der Waals surface area contributed by atoms with Crippen molar-refractivity contribution in [1.29, 1.82) is 0 Å². The molecular weight excluding hydrogens is 293 g/mol. The number of rotatable bonds is 5. The summed E-state index contributed by atoms with van der Waals surface area (Å²) in [5.41, 5.74) is 2.20. The molecule has 0 unspecified atom stereocenters. The van der Waals surface area contributed by atoms with Gasteiger partial charge in [0, 0.05) is 28.8 Å². The largest absolute Gasteiger partial charge is 0.327 e. The number of imidazole rings is 1. The Hall–Kier alpha value is -1.03. The maximum Gasteiger partial charge on any atom is 0.106 e. The zero-order valence-electron chi connectivity index (χ0n) is 12.0. The number of halogens is 2. The fraction of sp³-hybridized carbons (Fsp3) is 0.400. The quantitative estimate of drug-likeness (QED) is 0.903. The Morgan fingerprint density at radius 1 is 1.30 bits per heavy atom. The minimum absolute atomic E-state index is 0.442. The van der Waals surface area contributed by atoms with Gasteiger partial charge in [0.1, 0.15) is 5.82 Å². The van der Waals surface area contributed by atoms with Crippen molar-refractivity contribution >= 4 is 23.2 Å². The van der Waals surface area contributed by atoms with Crippen LogP contribution in [0.4, 0.5) is 0 Å². The van der Waals surface area contributed by atoms with E-state index >= 15 is 0 Å². The van der Waals surface area contributed by atoms with Crippen molar-refractivity contribution in [2.24, 2.45) is 0 Å². The van der Waals surface area contributed by atoms with E-state index in [1.54, 1.807) is 6.07 Å². The predicted molar refractivity (Wildman–Crippen MR) is 84.5 cm³/mol. The smallest absolute Gasteiger partial charge is 0.106 e. The van der Waals surface area contributed by atoms with Gasteiger partial charge in [-0.1, -0.05) is 43.1 Å². The number of aromatic nitrogens is 2. The van der Waals surface area contributed by atoms with Crippen LogP contribution in [0.15, 0.2) is 24.4 Å². The molecule has 0 amide bonds. The Bertz CT molecular complexity index is 591. The van der Waals surface area contributed by atoms with Crippen molar-refractivity contribution in [3.05, 3.63) is 51.5 Å². The van der Waals surface area contributed by atoms with Crippen molar-refractivity contribution in [3.8, 4) is 0 Å². The average molecular weight is 312 g/mol. The van der Waals surface area contributed by atoms with Gasteiger partial charge in [-0.05, 0) is 24.6 Å². The molecule has 0 radical (unpaired) electrons. The molecule has 1 aromatic heterocycles. The summed E-state index contributed by atoms with van der Waals surface area (Å²) in [6, 6.07) is 6.04. The van der Waals surface area contributed by atoms with E-state index in [-0.39, 0.29) is 0 Å². The first-order chi connectivity index (χ1) is 9.47. The van der Waals surface area contributed by atoms with Gasteiger partial charge in [-0.2, -0.15) is 0 Å². The molecule has 0 aliphatic heterocycles. The van der Waals surface area contributed by atoms with E-state index in [4.69, 9.17) is 23.2 Å². The molecule has 0 saturated carbocycles. The lowest BCUT2D eigenvalue weighted by atomic mass is 10.2. The Labute approximate surface area is 129 Å². The van der Waals surface area contributed by atoms with E-state index in [2.05, 4.69) is 28.7 Å². The van der Waals surface area contributed by atoms with Crippen LogP contribution < -0.4 is 5.32 Å². The highest BCUT2D eigenvalue weighted by atomic mass is 35.5. The highest BCUT2D eigenvalue weighted by molar-refractivity contribution is 6.35. The number of nitrogens with one attached hydrogen (secondary N) is 1. The second-order valence-corrected chi connectivity index (χ2v) is 6.00. The van der Waals surface area contributed by atoms with E-state index in [9.17, 15) is 0 Å². The third kappa shape index (κ3) is 3.75. The minimum atomic E-state index is 0.442. The van der Waals surface area contributed by atoms with Gasteiger partial charge in [-0.25, -0.2) is 4.98 Å². The molecule has 0 spiro atoms. The Morgan fingerprint density at radius 3 is 2.70 bits per heavy atom. The lowest BCUT2D eigenvalue weighted by Gasteiger charge is -2.13. The summed E-state index contributed by atoms with van der Waals surface area (Å²) in [5.74, 6) is 0.983. The minimum Gasteiger partial charge on any atom is -0.327 e. The molecule has 5 heteroatoms. The molecule has 1 N–H and O–H groups in total. The fourth-order valence-corrected chi connectivity index (χ4v) is 2.47. The van der Waals surface area contributed by atoms with Crippen molar-refractivity contribution in [2.75, 3.05) is 0 Å². The first-order valence-electron chi connectivity index (χ1n) is 6.65. The van der Waals surface area contributed by atoms with Gasteiger partial charge in [0.05, 0.1) is 12.2 Å². The van der Waals surface area contributed by atoms with Gasteiger partial charge in [-0.15, -0.1) is 0 Å². The topological polar surface area (TPSA) is 29.9 Å². The van der Waals surface area contributed by atoms with Gasteiger partial charge in [0.15, 0.2) is 0 Å². The molecule has 0 bridgehead atoms. The standard InChI is InChI=1S/C15H19Cl2N3/c1-10(2)18-7-14-8-19-11(3)20(14)9-12-4-5-13(16)6-15(12)17/h4-6,8,10,18H,7,9H2,1-3H3. The average Bonchev–Trinajstić information content (AvgIpc) is 2.71. The zero-order chi connectivity index (χ0) is 14.7. The van der Waals surface area contributed by atoms with Crippen molar-refractivity contribution in [2.45, 2.75) is 39.9 Å². The fourth-order valence-electron chi connectivity index (χ4n) is 2.00. The van der Waals surface area contributed by atoms with Gasteiger partial charge in [0.2, 0.25) is 0 Å². The van der Waals surface area contributed by atoms with Crippen LogP contribution in [-0.2, 0) is 13.1 Å². The van der Waals surface area contributed by atoms with Crippen molar-refractivity contribution < 1.29 is 0 Å². The molecule has 1 aromatic carbocycles. The van der Waals surface area contributed by atoms with Crippen molar-refractivity contribution in [3.63, 3.8) is 0 Å². The maximum absolute atomic E-state index is 6.24. The monoisotopic (exact) mass is 311 g/mol. The van der Waals surface area contributed by atoms with Crippen LogP contribution in [0.3, 0.4) is 0 Å². The third-order valence-corrected chi connectivity index (χ3v) is 3.76. The number of nitrogens with zero attached hydrogens (tertiary/aromatic N) is 2. The Morgan fingerprint density at radius 2 is 2.05 bits per heavy atom. The first kappa shape index (κ1) is 15.4. The second-order valence-electron chi connectivity index (χ2n) is 5.15. The van der Waals surface area contributed by atoms with E-state index in [1.807, 2.05) is 25.3 Å². The summed E-state index contributed by atoms with van der Waals surface area (Å²) in [4.78, 5) is 4.39. The molecular formula is C15H19Cl2N3. The highest BCUT2D eigenvalue weighted by Gasteiger charge is 2.10. The highest BCUT2D eigenvalue weighted by Crippen LogP contribution is 2.22. The van der Waals surface area contributed by atoms with Gasteiger partial charge in [0.25, 0.3) is 0 Å². The van der Waals surface area contributed by atoms with Crippen LogP contribution >= 0.6 is 23.2 Å². The van der Waals surface area contributed by atoms with Gasteiger partial charge >= 0.3 is 0 Å². The summed E-state index contributed by atoms with van der Waals surface area (Å²) >= 11 is 12.2. The second kappa shape index (κ2) is 6.61. The van der Waals surface area contributed by atoms with Gasteiger partial charge in [-0.3, -0.25) is 0 Å². The maximum atomic E-state index is 6.24. The molecule has 3 nitrogen and oxygen atoms in total. The molecule has 20 heavy (non-hydrogen) atoms. The van der Waals surface area contributed by atoms with E-state index in [0.29, 0.717) is 22.6 Å². The molecule has 2 rings (SSSR count). The van der Waals surface area contributed by atoms with Crippen LogP contribution in [0.1, 0.15) is 30.9 Å². The summed E-state index contributed by atoms with van der Waals surface area (Å²) < 4.78 is 2.17. The number of benzene rings is 1. The molecule has 0 saturated heterocycles. The normalized spacial score (nSPS) is 11.3. The molecule has 1 heterocycles. The van der Waals surface area contributed by atoms with Crippen LogP contribution in [-0.4, -0.2) is 15.6 Å². The third-order valence-electron chi connectivity index (χ3n) is 3.17. The lowest BCUT2D eigenvalue weighted by Crippen LogP contribution is -2.23. The molecule has 0 aliphatic rings. The zero-order valence-corrected chi connectivity index (χ0v) is 13.5. The van der Waals surface area contributed by atoms with Crippen molar-refractivity contribution in [1.82, 2.24) is 14.9 Å². The van der Waals surface area contributed by atoms with E-state index in [1.165, 1.54) is 0 Å². The summed E-state index contributed by atoms with van der Waals surface area (Å²) in [5, 5.41) is 4.75. The van der Waals surface area contributed by atoms with E-state index < -0.39 is 0 Å². The summed E-state index contributed by atoms with van der Waals surface area (Å²) in [7, 11) is 0. The van der Waals surface area contributed by atoms with Crippen LogP contribution in [0, 0.1) is 6.92 Å². The van der Waals surface area contributed by atoms with Gasteiger partial charge < -0.3 is 9.88 Å². The number of hydrogen-bond donors (Lipinski definition) is 1. The van der Waals surface area contributed by atoms with E-state index in [0.717, 1.165) is 23.6 Å². The predicted octanol–water partition coefficient (Wildman–Crippen LogP) is 4.04. The molecule has 2 aromatic rings. The molecule has 0 aliphatic carbocycles. The van der Waals surface area contributed by atoms with Crippen LogP contribution in [0.5, 0.6) is 0 Å². The molecule has 0 atom stereocenters. The number of hydrogen-bond acceptors (Lipinski definition) is 2. The van der Waals surface area contributed by atoms with Crippen LogP contribution in [0.25, 0.3) is 0 Å². The Kier molecular flexibility index (Phi) is 5.08. The lowest BCUT2D eigenvalue weighted by molar-refractivity contribution is 0.562.